The van der Waals surface area contributed by atoms with Crippen molar-refractivity contribution in [1.29, 1.82) is 0 Å². The molecule has 0 spiro atoms. The van der Waals surface area contributed by atoms with Crippen LogP contribution in [0.5, 0.6) is 0 Å². The summed E-state index contributed by atoms with van der Waals surface area (Å²) in [6, 6.07) is 8.00. The van der Waals surface area contributed by atoms with E-state index >= 15 is 0 Å². The van der Waals surface area contributed by atoms with Gasteiger partial charge in [0.15, 0.2) is 11.7 Å². The van der Waals surface area contributed by atoms with Crippen LogP contribution in [0.25, 0.3) is 0 Å². The Morgan fingerprint density at radius 1 is 1.27 bits per heavy atom. The number of alkyl halides is 3. The van der Waals surface area contributed by atoms with Crippen molar-refractivity contribution < 1.29 is 18.0 Å². The number of benzene rings is 1. The standard InChI is InChI=1S/C20H21F3N6O/c21-20(22,23)17-11-15(14-5-2-1-3-6-14)26-18-12-16(27-29(17)18)19(30)25-7-4-9-28-10-8-24-13-28/h1-3,5-6,8,10,12-13,15,17,26H,4,7,9,11H2,(H,25,30)/t15-,17-/m1/s1. The second kappa shape index (κ2) is 8.21. The highest BCUT2D eigenvalue weighted by atomic mass is 19.4. The molecule has 1 amide bonds. The lowest BCUT2D eigenvalue weighted by molar-refractivity contribution is -0.173. The van der Waals surface area contributed by atoms with Crippen molar-refractivity contribution in [2.24, 2.45) is 0 Å². The van der Waals surface area contributed by atoms with Gasteiger partial charge in [-0.05, 0) is 12.0 Å². The number of amides is 1. The molecular weight excluding hydrogens is 397 g/mol. The van der Waals surface area contributed by atoms with Crippen LogP contribution in [0.4, 0.5) is 19.0 Å². The predicted molar refractivity (Wildman–Crippen MR) is 104 cm³/mol. The molecule has 3 aromatic rings. The second-order valence-electron chi connectivity index (χ2n) is 7.17. The molecule has 0 aliphatic carbocycles. The van der Waals surface area contributed by atoms with Gasteiger partial charge in [-0.2, -0.15) is 18.3 Å². The number of nitrogens with zero attached hydrogens (tertiary/aromatic N) is 4. The lowest BCUT2D eigenvalue weighted by atomic mass is 9.97. The molecule has 0 saturated heterocycles. The number of rotatable bonds is 6. The topological polar surface area (TPSA) is 76.8 Å². The summed E-state index contributed by atoms with van der Waals surface area (Å²) >= 11 is 0. The van der Waals surface area contributed by atoms with Gasteiger partial charge in [0, 0.05) is 38.0 Å². The fourth-order valence-corrected chi connectivity index (χ4v) is 3.56. The van der Waals surface area contributed by atoms with Crippen molar-refractivity contribution >= 4 is 11.7 Å². The molecule has 30 heavy (non-hydrogen) atoms. The van der Waals surface area contributed by atoms with Gasteiger partial charge in [-0.15, -0.1) is 0 Å². The molecule has 3 heterocycles. The SMILES string of the molecule is O=C(NCCCn1ccnc1)c1cc2n(n1)[C@@H](C(F)(F)F)C[C@H](c1ccccc1)N2. The van der Waals surface area contributed by atoms with Crippen molar-refractivity contribution in [2.45, 2.75) is 37.6 Å². The van der Waals surface area contributed by atoms with Gasteiger partial charge in [-0.3, -0.25) is 4.79 Å². The molecule has 0 bridgehead atoms. The number of aryl methyl sites for hydroxylation is 1. The number of fused-ring (bicyclic) bond motifs is 1. The van der Waals surface area contributed by atoms with E-state index in [1.54, 1.807) is 36.8 Å². The molecule has 1 aromatic carbocycles. The van der Waals surface area contributed by atoms with Crippen molar-refractivity contribution in [3.05, 3.63) is 66.4 Å². The molecule has 7 nitrogen and oxygen atoms in total. The largest absolute Gasteiger partial charge is 0.410 e. The Morgan fingerprint density at radius 3 is 2.77 bits per heavy atom. The third-order valence-electron chi connectivity index (χ3n) is 5.06. The van der Waals surface area contributed by atoms with Crippen LogP contribution < -0.4 is 10.6 Å². The summed E-state index contributed by atoms with van der Waals surface area (Å²) in [5.74, 6) is -0.317. The zero-order valence-electron chi connectivity index (χ0n) is 16.0. The maximum absolute atomic E-state index is 13.7. The fraction of sp³-hybridized carbons (Fsp3) is 0.350. The number of anilines is 1. The smallest absolute Gasteiger partial charge is 0.363 e. The van der Waals surface area contributed by atoms with Gasteiger partial charge >= 0.3 is 6.18 Å². The molecule has 158 valence electrons. The summed E-state index contributed by atoms with van der Waals surface area (Å²) < 4.78 is 43.9. The highest BCUT2D eigenvalue weighted by Crippen LogP contribution is 2.43. The first-order valence-electron chi connectivity index (χ1n) is 9.63. The maximum Gasteiger partial charge on any atom is 0.410 e. The van der Waals surface area contributed by atoms with Crippen LogP contribution in [0.2, 0.25) is 0 Å². The minimum Gasteiger partial charge on any atom is -0.363 e. The number of carbonyl (C=O) groups is 1. The van der Waals surface area contributed by atoms with Crippen molar-refractivity contribution in [3.8, 4) is 0 Å². The summed E-state index contributed by atoms with van der Waals surface area (Å²) in [6.45, 7) is 1.05. The van der Waals surface area contributed by atoms with Crippen LogP contribution in [0, 0.1) is 0 Å². The van der Waals surface area contributed by atoms with E-state index in [4.69, 9.17) is 0 Å². The van der Waals surface area contributed by atoms with Gasteiger partial charge in [0.1, 0.15) is 5.82 Å². The van der Waals surface area contributed by atoms with Gasteiger partial charge in [0.25, 0.3) is 5.91 Å². The monoisotopic (exact) mass is 418 g/mol. The van der Waals surface area contributed by atoms with Gasteiger partial charge in [-0.1, -0.05) is 30.3 Å². The number of halogens is 3. The highest BCUT2D eigenvalue weighted by Gasteiger charge is 2.46. The molecule has 2 atom stereocenters. The summed E-state index contributed by atoms with van der Waals surface area (Å²) in [7, 11) is 0. The van der Waals surface area contributed by atoms with E-state index in [-0.39, 0.29) is 17.9 Å². The molecule has 0 saturated carbocycles. The Hall–Kier alpha value is -3.30. The zero-order chi connectivity index (χ0) is 21.1. The second-order valence-corrected chi connectivity index (χ2v) is 7.17. The van der Waals surface area contributed by atoms with Crippen molar-refractivity contribution in [1.82, 2.24) is 24.6 Å². The molecule has 2 N–H and O–H groups in total. The van der Waals surface area contributed by atoms with E-state index in [0.29, 0.717) is 19.5 Å². The van der Waals surface area contributed by atoms with Crippen molar-refractivity contribution in [2.75, 3.05) is 11.9 Å². The Morgan fingerprint density at radius 2 is 2.07 bits per heavy atom. The van der Waals surface area contributed by atoms with Crippen LogP contribution in [0.15, 0.2) is 55.1 Å². The van der Waals surface area contributed by atoms with Gasteiger partial charge in [0.05, 0.1) is 12.4 Å². The zero-order valence-corrected chi connectivity index (χ0v) is 16.0. The lowest BCUT2D eigenvalue weighted by Crippen LogP contribution is -2.35. The van der Waals surface area contributed by atoms with E-state index in [9.17, 15) is 18.0 Å². The summed E-state index contributed by atoms with van der Waals surface area (Å²) in [5, 5.41) is 9.76. The van der Waals surface area contributed by atoms with E-state index in [1.165, 1.54) is 6.07 Å². The average molecular weight is 418 g/mol. The molecule has 2 aromatic heterocycles. The molecule has 1 aliphatic rings. The predicted octanol–water partition coefficient (Wildman–Crippen LogP) is 3.56. The normalized spacial score (nSPS) is 18.5. The molecule has 0 unspecified atom stereocenters. The summed E-state index contributed by atoms with van der Waals surface area (Å²) in [5.41, 5.74) is 0.716. The minimum absolute atomic E-state index is 0.0388. The van der Waals surface area contributed by atoms with Gasteiger partial charge in [0.2, 0.25) is 0 Å². The first-order valence-corrected chi connectivity index (χ1v) is 9.63. The minimum atomic E-state index is -4.48. The first-order chi connectivity index (χ1) is 14.4. The van der Waals surface area contributed by atoms with E-state index in [1.807, 2.05) is 16.8 Å². The third-order valence-corrected chi connectivity index (χ3v) is 5.06. The van der Waals surface area contributed by atoms with Crippen LogP contribution in [0.1, 0.15) is 41.0 Å². The first kappa shape index (κ1) is 20.0. The van der Waals surface area contributed by atoms with Crippen molar-refractivity contribution in [3.63, 3.8) is 0 Å². The van der Waals surface area contributed by atoms with Crippen LogP contribution in [0.3, 0.4) is 0 Å². The molecular formula is C20H21F3N6O. The van der Waals surface area contributed by atoms with E-state index in [2.05, 4.69) is 20.7 Å². The Kier molecular flexibility index (Phi) is 5.47. The molecule has 0 fully saturated rings. The number of hydrogen-bond acceptors (Lipinski definition) is 4. The Balaban J connectivity index is 1.47. The lowest BCUT2D eigenvalue weighted by Gasteiger charge is -2.33. The highest BCUT2D eigenvalue weighted by molar-refractivity contribution is 5.93. The third kappa shape index (κ3) is 4.32. The fourth-order valence-electron chi connectivity index (χ4n) is 3.56. The van der Waals surface area contributed by atoms with Crippen LogP contribution >= 0.6 is 0 Å². The Labute approximate surface area is 170 Å². The Bertz CT molecular complexity index is 984. The number of hydrogen-bond donors (Lipinski definition) is 2. The van der Waals surface area contributed by atoms with Crippen LogP contribution in [-0.2, 0) is 6.54 Å². The molecule has 10 heteroatoms. The molecule has 0 radical (unpaired) electrons. The summed E-state index contributed by atoms with van der Waals surface area (Å²) in [6.07, 6.45) is 1.15. The average Bonchev–Trinajstić information content (AvgIpc) is 3.39. The summed E-state index contributed by atoms with van der Waals surface area (Å²) in [4.78, 5) is 16.4. The molecule has 4 rings (SSSR count). The van der Waals surface area contributed by atoms with Crippen LogP contribution in [-0.4, -0.2) is 38.0 Å². The van der Waals surface area contributed by atoms with E-state index < -0.39 is 24.2 Å². The quantitative estimate of drug-likeness (QED) is 0.600. The van der Waals surface area contributed by atoms with Gasteiger partial charge in [-0.25, -0.2) is 9.67 Å². The number of nitrogens with one attached hydrogen (secondary N) is 2. The molecule has 1 aliphatic heterocycles. The van der Waals surface area contributed by atoms with E-state index in [0.717, 1.165) is 10.2 Å². The number of carbonyl (C=O) groups excluding carboxylic acids is 1. The number of aromatic nitrogens is 4. The van der Waals surface area contributed by atoms with Gasteiger partial charge < -0.3 is 15.2 Å². The maximum atomic E-state index is 13.7. The number of imidazole rings is 1.